The van der Waals surface area contributed by atoms with Gasteiger partial charge in [0.15, 0.2) is 0 Å². The van der Waals surface area contributed by atoms with E-state index >= 15 is 0 Å². The van der Waals surface area contributed by atoms with Crippen LogP contribution in [-0.2, 0) is 6.42 Å². The van der Waals surface area contributed by atoms with Crippen molar-refractivity contribution in [2.75, 3.05) is 7.11 Å². The van der Waals surface area contributed by atoms with E-state index in [4.69, 9.17) is 4.74 Å². The molecule has 0 saturated carbocycles. The van der Waals surface area contributed by atoms with Gasteiger partial charge < -0.3 is 9.84 Å². The molecule has 0 spiro atoms. The number of hydrogen-bond acceptors (Lipinski definition) is 2. The van der Waals surface area contributed by atoms with Crippen LogP contribution in [-0.4, -0.2) is 12.2 Å². The highest BCUT2D eigenvalue weighted by Crippen LogP contribution is 2.18. The average molecular weight is 258 g/mol. The van der Waals surface area contributed by atoms with Gasteiger partial charge in [0, 0.05) is 6.42 Å². The van der Waals surface area contributed by atoms with Crippen molar-refractivity contribution in [2.24, 2.45) is 0 Å². The molecule has 1 aromatic carbocycles. The van der Waals surface area contributed by atoms with Crippen LogP contribution in [0.2, 0.25) is 0 Å². The number of aliphatic hydroxyl groups excluding tert-OH is 1. The molecule has 19 heavy (non-hydrogen) atoms. The highest BCUT2D eigenvalue weighted by Gasteiger charge is 2.04. The topological polar surface area (TPSA) is 29.5 Å². The first-order chi connectivity index (χ1) is 9.21. The second-order valence-electron chi connectivity index (χ2n) is 4.24. The summed E-state index contributed by atoms with van der Waals surface area (Å²) in [6.07, 6.45) is 9.14. The average Bonchev–Trinajstić information content (AvgIpc) is 2.45. The SMILES string of the molecule is C\C=C/C=C(O)\C(=C/CC)Cc1ccc(OC)cc1. The fourth-order valence-corrected chi connectivity index (χ4v) is 1.77. The van der Waals surface area contributed by atoms with Crippen molar-refractivity contribution in [1.82, 2.24) is 0 Å². The summed E-state index contributed by atoms with van der Waals surface area (Å²) in [5.74, 6) is 1.18. The summed E-state index contributed by atoms with van der Waals surface area (Å²) >= 11 is 0. The van der Waals surface area contributed by atoms with Gasteiger partial charge in [0.2, 0.25) is 0 Å². The molecule has 2 nitrogen and oxygen atoms in total. The predicted molar refractivity (Wildman–Crippen MR) is 80.6 cm³/mol. The van der Waals surface area contributed by atoms with Gasteiger partial charge in [-0.2, -0.15) is 0 Å². The van der Waals surface area contributed by atoms with E-state index in [0.717, 1.165) is 29.7 Å². The largest absolute Gasteiger partial charge is 0.508 e. The zero-order valence-electron chi connectivity index (χ0n) is 11.9. The van der Waals surface area contributed by atoms with Crippen molar-refractivity contribution in [3.63, 3.8) is 0 Å². The molecule has 0 aliphatic heterocycles. The maximum atomic E-state index is 10.1. The quantitative estimate of drug-likeness (QED) is 0.597. The molecule has 0 unspecified atom stereocenters. The maximum absolute atomic E-state index is 10.1. The van der Waals surface area contributed by atoms with Crippen molar-refractivity contribution in [3.05, 3.63) is 65.5 Å². The smallest absolute Gasteiger partial charge is 0.118 e. The van der Waals surface area contributed by atoms with Crippen LogP contribution >= 0.6 is 0 Å². The Morgan fingerprint density at radius 1 is 1.26 bits per heavy atom. The molecule has 0 fully saturated rings. The fourth-order valence-electron chi connectivity index (χ4n) is 1.77. The third-order valence-electron chi connectivity index (χ3n) is 2.78. The summed E-state index contributed by atoms with van der Waals surface area (Å²) in [5, 5.41) is 10.1. The Morgan fingerprint density at radius 2 is 1.95 bits per heavy atom. The number of methoxy groups -OCH3 is 1. The summed E-state index contributed by atoms with van der Waals surface area (Å²) in [4.78, 5) is 0. The Labute approximate surface area is 115 Å². The van der Waals surface area contributed by atoms with Gasteiger partial charge >= 0.3 is 0 Å². The van der Waals surface area contributed by atoms with Gasteiger partial charge in [-0.3, -0.25) is 0 Å². The van der Waals surface area contributed by atoms with Gasteiger partial charge in [-0.15, -0.1) is 0 Å². The molecule has 1 N–H and O–H groups in total. The summed E-state index contributed by atoms with van der Waals surface area (Å²) in [7, 11) is 1.66. The van der Waals surface area contributed by atoms with Crippen molar-refractivity contribution in [1.29, 1.82) is 0 Å². The molecule has 0 atom stereocenters. The molecule has 102 valence electrons. The van der Waals surface area contributed by atoms with Crippen LogP contribution in [0.25, 0.3) is 0 Å². The normalized spacial score (nSPS) is 13.0. The first kappa shape index (κ1) is 15.1. The van der Waals surface area contributed by atoms with Crippen LogP contribution in [0, 0.1) is 0 Å². The van der Waals surface area contributed by atoms with Crippen molar-refractivity contribution in [3.8, 4) is 5.75 Å². The third kappa shape index (κ3) is 5.04. The zero-order valence-corrected chi connectivity index (χ0v) is 11.9. The molecule has 1 aromatic rings. The van der Waals surface area contributed by atoms with Crippen molar-refractivity contribution in [2.45, 2.75) is 26.7 Å². The van der Waals surface area contributed by atoms with E-state index in [1.807, 2.05) is 43.3 Å². The van der Waals surface area contributed by atoms with Gasteiger partial charge in [-0.1, -0.05) is 37.3 Å². The number of hydrogen-bond donors (Lipinski definition) is 1. The summed E-state index contributed by atoms with van der Waals surface area (Å²) in [6, 6.07) is 7.91. The Hall–Kier alpha value is -1.96. The molecule has 0 heterocycles. The summed E-state index contributed by atoms with van der Waals surface area (Å²) in [5.41, 5.74) is 2.10. The van der Waals surface area contributed by atoms with E-state index in [1.54, 1.807) is 13.2 Å². The molecular formula is C17H22O2. The fraction of sp³-hybridized carbons (Fsp3) is 0.294. The Bertz CT molecular complexity index is 465. The van der Waals surface area contributed by atoms with Crippen LogP contribution in [0.4, 0.5) is 0 Å². The Balaban J connectivity index is 2.86. The van der Waals surface area contributed by atoms with Crippen LogP contribution in [0.3, 0.4) is 0 Å². The molecule has 0 saturated heterocycles. The number of aliphatic hydroxyl groups is 1. The lowest BCUT2D eigenvalue weighted by molar-refractivity contribution is 0.414. The molecule has 0 aliphatic rings. The highest BCUT2D eigenvalue weighted by atomic mass is 16.5. The standard InChI is InChI=1S/C17H22O2/c1-4-6-8-17(18)15(7-5-2)13-14-9-11-16(19-3)12-10-14/h4,6-12,18H,5,13H2,1-3H3/b6-4-,15-7-,17-8+. The maximum Gasteiger partial charge on any atom is 0.118 e. The minimum atomic E-state index is 0.329. The van der Waals surface area contributed by atoms with Gasteiger partial charge in [0.1, 0.15) is 11.5 Å². The van der Waals surface area contributed by atoms with Gasteiger partial charge in [0.25, 0.3) is 0 Å². The minimum Gasteiger partial charge on any atom is -0.508 e. The molecular weight excluding hydrogens is 236 g/mol. The molecule has 0 aliphatic carbocycles. The molecule has 0 amide bonds. The zero-order chi connectivity index (χ0) is 14.1. The van der Waals surface area contributed by atoms with Gasteiger partial charge in [-0.25, -0.2) is 0 Å². The number of ether oxygens (including phenoxy) is 1. The van der Waals surface area contributed by atoms with Crippen LogP contribution in [0.1, 0.15) is 25.8 Å². The lowest BCUT2D eigenvalue weighted by Gasteiger charge is -2.08. The second-order valence-corrected chi connectivity index (χ2v) is 4.24. The molecule has 0 radical (unpaired) electrons. The van der Waals surface area contributed by atoms with E-state index in [1.165, 1.54) is 0 Å². The van der Waals surface area contributed by atoms with Crippen molar-refractivity contribution >= 4 is 0 Å². The van der Waals surface area contributed by atoms with E-state index < -0.39 is 0 Å². The van der Waals surface area contributed by atoms with Gasteiger partial charge in [-0.05, 0) is 42.7 Å². The molecule has 2 heteroatoms. The summed E-state index contributed by atoms with van der Waals surface area (Å²) < 4.78 is 5.14. The monoisotopic (exact) mass is 258 g/mol. The first-order valence-electron chi connectivity index (χ1n) is 6.55. The first-order valence-corrected chi connectivity index (χ1v) is 6.55. The van der Waals surface area contributed by atoms with Gasteiger partial charge in [0.05, 0.1) is 7.11 Å². The van der Waals surface area contributed by atoms with Crippen LogP contribution in [0.15, 0.2) is 59.9 Å². The Morgan fingerprint density at radius 3 is 2.47 bits per heavy atom. The van der Waals surface area contributed by atoms with Crippen LogP contribution < -0.4 is 4.74 Å². The minimum absolute atomic E-state index is 0.329. The molecule has 0 bridgehead atoms. The van der Waals surface area contributed by atoms with Crippen molar-refractivity contribution < 1.29 is 9.84 Å². The predicted octanol–water partition coefficient (Wildman–Crippen LogP) is 4.59. The Kier molecular flexibility index (Phi) is 6.51. The lowest BCUT2D eigenvalue weighted by Crippen LogP contribution is -1.95. The lowest BCUT2D eigenvalue weighted by atomic mass is 10.0. The van der Waals surface area contributed by atoms with E-state index in [9.17, 15) is 5.11 Å². The third-order valence-corrected chi connectivity index (χ3v) is 2.78. The van der Waals surface area contributed by atoms with E-state index in [2.05, 4.69) is 13.0 Å². The molecule has 1 rings (SSSR count). The van der Waals surface area contributed by atoms with E-state index in [0.29, 0.717) is 5.76 Å². The number of allylic oxidation sites excluding steroid dienone is 5. The summed E-state index contributed by atoms with van der Waals surface area (Å²) in [6.45, 7) is 3.99. The number of benzene rings is 1. The van der Waals surface area contributed by atoms with Crippen LogP contribution in [0.5, 0.6) is 5.75 Å². The van der Waals surface area contributed by atoms with E-state index in [-0.39, 0.29) is 0 Å². The second kappa shape index (κ2) is 8.20. The highest BCUT2D eigenvalue weighted by molar-refractivity contribution is 5.36. The number of rotatable bonds is 6. The molecule has 0 aromatic heterocycles.